The molecule has 1 aliphatic rings. The van der Waals surface area contributed by atoms with Gasteiger partial charge in [-0.05, 0) is 30.5 Å². The van der Waals surface area contributed by atoms with Crippen molar-refractivity contribution in [1.82, 2.24) is 5.32 Å². The zero-order chi connectivity index (χ0) is 11.5. The molecule has 5 heteroatoms. The maximum atomic E-state index is 11.9. The second kappa shape index (κ2) is 4.64. The van der Waals surface area contributed by atoms with Crippen molar-refractivity contribution in [2.24, 2.45) is 11.8 Å². The number of carbonyl (C=O) groups excluding carboxylic acids is 1. The Morgan fingerprint density at radius 2 is 2.50 bits per heavy atom. The van der Waals surface area contributed by atoms with E-state index in [1.54, 1.807) is 6.07 Å². The topological polar surface area (TPSA) is 64.9 Å². The number of rotatable bonds is 3. The maximum absolute atomic E-state index is 11.9. The van der Waals surface area contributed by atoms with Crippen molar-refractivity contribution in [3.63, 3.8) is 0 Å². The Balaban J connectivity index is 1.99. The minimum Gasteiger partial charge on any atom is -0.316 e. The molecule has 1 aromatic rings. The molecule has 0 aromatic carbocycles. The van der Waals surface area contributed by atoms with E-state index in [1.807, 2.05) is 12.3 Å². The van der Waals surface area contributed by atoms with Gasteiger partial charge in [-0.2, -0.15) is 5.26 Å². The Morgan fingerprint density at radius 3 is 3.06 bits per heavy atom. The molecule has 1 atom stereocenters. The molecular formula is C11H13N3OS. The minimum atomic E-state index is -0.00473. The van der Waals surface area contributed by atoms with Crippen molar-refractivity contribution in [1.29, 1.82) is 5.26 Å². The normalized spacial score (nSPS) is 17.2. The first-order chi connectivity index (χ1) is 7.72. The molecule has 4 nitrogen and oxygen atoms in total. The van der Waals surface area contributed by atoms with Crippen LogP contribution in [0, 0.1) is 23.2 Å². The summed E-state index contributed by atoms with van der Waals surface area (Å²) in [5, 5.41) is 17.3. The molecule has 1 unspecified atom stereocenters. The smallest absolute Gasteiger partial charge is 0.228 e. The van der Waals surface area contributed by atoms with E-state index >= 15 is 0 Å². The average molecular weight is 235 g/mol. The predicted octanol–water partition coefficient (Wildman–Crippen LogP) is 1.41. The highest BCUT2D eigenvalue weighted by atomic mass is 32.1. The fourth-order valence-electron chi connectivity index (χ4n) is 1.60. The van der Waals surface area contributed by atoms with Crippen LogP contribution < -0.4 is 10.6 Å². The zero-order valence-corrected chi connectivity index (χ0v) is 9.80. The number of anilines is 1. The van der Waals surface area contributed by atoms with Crippen molar-refractivity contribution in [2.75, 3.05) is 18.4 Å². The molecule has 1 aliphatic heterocycles. The molecule has 0 bridgehead atoms. The summed E-state index contributed by atoms with van der Waals surface area (Å²) in [6.07, 6.45) is 0. The number of nitriles is 1. The summed E-state index contributed by atoms with van der Waals surface area (Å²) in [4.78, 5) is 11.9. The maximum Gasteiger partial charge on any atom is 0.228 e. The lowest BCUT2D eigenvalue weighted by molar-refractivity contribution is -0.121. The number of hydrogen-bond donors (Lipinski definition) is 2. The zero-order valence-electron chi connectivity index (χ0n) is 8.99. The molecule has 0 aliphatic carbocycles. The lowest BCUT2D eigenvalue weighted by Crippen LogP contribution is -2.48. The number of carbonyl (C=O) groups is 1. The van der Waals surface area contributed by atoms with Crippen LogP contribution in [-0.2, 0) is 4.79 Å². The molecule has 2 N–H and O–H groups in total. The first kappa shape index (κ1) is 11.1. The summed E-state index contributed by atoms with van der Waals surface area (Å²) in [5.41, 5.74) is 0.539. The summed E-state index contributed by atoms with van der Waals surface area (Å²) in [7, 11) is 0. The summed E-state index contributed by atoms with van der Waals surface area (Å²) in [5.74, 6) is 0.422. The molecule has 2 heterocycles. The van der Waals surface area contributed by atoms with Crippen LogP contribution in [0.5, 0.6) is 0 Å². The summed E-state index contributed by atoms with van der Waals surface area (Å²) in [6.45, 7) is 3.74. The van der Waals surface area contributed by atoms with Crippen molar-refractivity contribution in [3.05, 3.63) is 17.0 Å². The molecule has 1 saturated heterocycles. The third-order valence-electron chi connectivity index (χ3n) is 2.96. The number of nitrogens with zero attached hydrogens (tertiary/aromatic N) is 1. The number of amides is 1. The minimum absolute atomic E-state index is 0.00473. The second-order valence-electron chi connectivity index (χ2n) is 3.97. The van der Waals surface area contributed by atoms with Crippen LogP contribution >= 0.6 is 11.3 Å². The molecule has 1 aromatic heterocycles. The molecule has 0 spiro atoms. The molecule has 1 fully saturated rings. The van der Waals surface area contributed by atoms with Gasteiger partial charge in [0.1, 0.15) is 11.1 Å². The molecule has 16 heavy (non-hydrogen) atoms. The van der Waals surface area contributed by atoms with Crippen LogP contribution in [0.3, 0.4) is 0 Å². The van der Waals surface area contributed by atoms with E-state index in [0.29, 0.717) is 16.5 Å². The standard InChI is InChI=1S/C11H13N3OS/c1-7(9-5-13-6-9)10(15)14-11-8(4-12)2-3-16-11/h2-3,7,9,13H,5-6H2,1H3,(H,14,15). The average Bonchev–Trinajstić information content (AvgIpc) is 2.62. The van der Waals surface area contributed by atoms with Crippen LogP contribution in [0.25, 0.3) is 0 Å². The molecule has 84 valence electrons. The van der Waals surface area contributed by atoms with E-state index in [4.69, 9.17) is 5.26 Å². The Morgan fingerprint density at radius 1 is 1.75 bits per heavy atom. The van der Waals surface area contributed by atoms with Gasteiger partial charge in [0.15, 0.2) is 0 Å². The van der Waals surface area contributed by atoms with Gasteiger partial charge in [-0.3, -0.25) is 4.79 Å². The first-order valence-corrected chi connectivity index (χ1v) is 6.09. The van der Waals surface area contributed by atoms with Gasteiger partial charge in [0.2, 0.25) is 5.91 Å². The second-order valence-corrected chi connectivity index (χ2v) is 4.89. The van der Waals surface area contributed by atoms with Crippen LogP contribution in [0.2, 0.25) is 0 Å². The number of thiophene rings is 1. The van der Waals surface area contributed by atoms with Crippen LogP contribution in [0.15, 0.2) is 11.4 Å². The molecule has 0 radical (unpaired) electrons. The van der Waals surface area contributed by atoms with Gasteiger partial charge in [0, 0.05) is 5.92 Å². The van der Waals surface area contributed by atoms with Crippen molar-refractivity contribution in [2.45, 2.75) is 6.92 Å². The Bertz CT molecular complexity index is 431. The van der Waals surface area contributed by atoms with E-state index < -0.39 is 0 Å². The van der Waals surface area contributed by atoms with Crippen molar-refractivity contribution >= 4 is 22.2 Å². The highest BCUT2D eigenvalue weighted by molar-refractivity contribution is 7.14. The summed E-state index contributed by atoms with van der Waals surface area (Å²) < 4.78 is 0. The monoisotopic (exact) mass is 235 g/mol. The van der Waals surface area contributed by atoms with Crippen LogP contribution in [0.1, 0.15) is 12.5 Å². The molecule has 2 rings (SSSR count). The van der Waals surface area contributed by atoms with Gasteiger partial charge in [0.05, 0.1) is 5.56 Å². The van der Waals surface area contributed by atoms with E-state index in [1.165, 1.54) is 11.3 Å². The summed E-state index contributed by atoms with van der Waals surface area (Å²) in [6, 6.07) is 3.78. The van der Waals surface area contributed by atoms with Crippen LogP contribution in [-0.4, -0.2) is 19.0 Å². The number of hydrogen-bond acceptors (Lipinski definition) is 4. The van der Waals surface area contributed by atoms with Gasteiger partial charge >= 0.3 is 0 Å². The third kappa shape index (κ3) is 2.08. The lowest BCUT2D eigenvalue weighted by atomic mass is 9.88. The third-order valence-corrected chi connectivity index (χ3v) is 3.79. The Kier molecular flexibility index (Phi) is 3.22. The quantitative estimate of drug-likeness (QED) is 0.832. The Hall–Kier alpha value is -1.38. The fourth-order valence-corrected chi connectivity index (χ4v) is 2.34. The summed E-state index contributed by atoms with van der Waals surface area (Å²) >= 11 is 1.39. The van der Waals surface area contributed by atoms with Crippen molar-refractivity contribution < 1.29 is 4.79 Å². The van der Waals surface area contributed by atoms with Crippen LogP contribution in [0.4, 0.5) is 5.00 Å². The highest BCUT2D eigenvalue weighted by Gasteiger charge is 2.29. The SMILES string of the molecule is CC(C(=O)Nc1sccc1C#N)C1CNC1. The van der Waals surface area contributed by atoms with E-state index in [0.717, 1.165) is 13.1 Å². The fraction of sp³-hybridized carbons (Fsp3) is 0.455. The predicted molar refractivity (Wildman–Crippen MR) is 63.2 cm³/mol. The first-order valence-electron chi connectivity index (χ1n) is 5.21. The lowest BCUT2D eigenvalue weighted by Gasteiger charge is -2.31. The number of nitrogens with one attached hydrogen (secondary N) is 2. The largest absolute Gasteiger partial charge is 0.316 e. The van der Waals surface area contributed by atoms with Gasteiger partial charge in [0.25, 0.3) is 0 Å². The van der Waals surface area contributed by atoms with Gasteiger partial charge in [-0.25, -0.2) is 0 Å². The van der Waals surface area contributed by atoms with Crippen molar-refractivity contribution in [3.8, 4) is 6.07 Å². The molecular weight excluding hydrogens is 222 g/mol. The van der Waals surface area contributed by atoms with Gasteiger partial charge in [-0.1, -0.05) is 6.92 Å². The van der Waals surface area contributed by atoms with E-state index in [-0.39, 0.29) is 11.8 Å². The highest BCUT2D eigenvalue weighted by Crippen LogP contribution is 2.24. The Labute approximate surface area is 98.3 Å². The molecule has 0 saturated carbocycles. The van der Waals surface area contributed by atoms with Gasteiger partial charge < -0.3 is 10.6 Å². The van der Waals surface area contributed by atoms with E-state index in [2.05, 4.69) is 16.7 Å². The van der Waals surface area contributed by atoms with Gasteiger partial charge in [-0.15, -0.1) is 11.3 Å². The van der Waals surface area contributed by atoms with E-state index in [9.17, 15) is 4.79 Å². The molecule has 1 amide bonds.